The Balaban J connectivity index is 1.68. The molecular formula is C19H20N2O4S. The van der Waals surface area contributed by atoms with Gasteiger partial charge in [-0.15, -0.1) is 0 Å². The number of fused-ring (bicyclic) bond motifs is 1. The van der Waals surface area contributed by atoms with Crippen LogP contribution in [0.25, 0.3) is 10.9 Å². The summed E-state index contributed by atoms with van der Waals surface area (Å²) in [5.41, 5.74) is 2.98. The average molecular weight is 372 g/mol. The minimum Gasteiger partial charge on any atom is -0.454 e. The summed E-state index contributed by atoms with van der Waals surface area (Å²) in [5.74, 6) is -0.738. The zero-order valence-corrected chi connectivity index (χ0v) is 15.7. The molecule has 136 valence electrons. The highest BCUT2D eigenvalue weighted by Crippen LogP contribution is 2.23. The maximum absolute atomic E-state index is 12.8. The minimum absolute atomic E-state index is 0.0436. The van der Waals surface area contributed by atoms with Gasteiger partial charge in [0.25, 0.3) is 0 Å². The third-order valence-electron chi connectivity index (χ3n) is 4.33. The van der Waals surface area contributed by atoms with Crippen molar-refractivity contribution < 1.29 is 14.3 Å². The van der Waals surface area contributed by atoms with Crippen molar-refractivity contribution in [3.8, 4) is 0 Å². The molecule has 0 radical (unpaired) electrons. The number of rotatable bonds is 6. The second kappa shape index (κ2) is 7.29. The second-order valence-electron chi connectivity index (χ2n) is 6.21. The van der Waals surface area contributed by atoms with Crippen molar-refractivity contribution in [1.29, 1.82) is 0 Å². The molecule has 0 bridgehead atoms. The molecule has 7 heteroatoms. The number of carbonyl (C=O) groups excluding carboxylic acids is 2. The van der Waals surface area contributed by atoms with Crippen LogP contribution in [0.15, 0.2) is 34.4 Å². The molecule has 0 saturated carbocycles. The van der Waals surface area contributed by atoms with Gasteiger partial charge in [0.2, 0.25) is 5.78 Å². The van der Waals surface area contributed by atoms with Gasteiger partial charge in [-0.3, -0.25) is 14.4 Å². The number of nitrogens with one attached hydrogen (secondary N) is 1. The number of aromatic amines is 1. The fourth-order valence-corrected chi connectivity index (χ4v) is 3.75. The first-order chi connectivity index (χ1) is 12.4. The number of aromatic nitrogens is 2. The number of benzene rings is 1. The highest BCUT2D eigenvalue weighted by atomic mass is 32.1. The van der Waals surface area contributed by atoms with E-state index in [2.05, 4.69) is 4.98 Å². The molecule has 2 heterocycles. The molecule has 2 aromatic heterocycles. The topological polar surface area (TPSA) is 81.2 Å². The number of hydrogen-bond donors (Lipinski definition) is 1. The molecule has 1 aromatic carbocycles. The van der Waals surface area contributed by atoms with E-state index in [1.54, 1.807) is 12.3 Å². The summed E-state index contributed by atoms with van der Waals surface area (Å²) in [6.07, 6.45) is -0.845. The lowest BCUT2D eigenvalue weighted by molar-refractivity contribution is -0.146. The summed E-state index contributed by atoms with van der Waals surface area (Å²) in [7, 11) is 0. The number of ketones is 1. The molecule has 6 nitrogen and oxygen atoms in total. The average Bonchev–Trinajstić information content (AvgIpc) is 3.10. The Morgan fingerprint density at radius 1 is 1.27 bits per heavy atom. The van der Waals surface area contributed by atoms with Gasteiger partial charge in [-0.2, -0.15) is 0 Å². The first kappa shape index (κ1) is 18.1. The Labute approximate surface area is 154 Å². The van der Waals surface area contributed by atoms with E-state index in [1.165, 1.54) is 4.57 Å². The number of aryl methyl sites for hydroxylation is 2. The maximum atomic E-state index is 12.8. The van der Waals surface area contributed by atoms with Gasteiger partial charge in [-0.05, 0) is 26.8 Å². The van der Waals surface area contributed by atoms with Gasteiger partial charge >= 0.3 is 10.8 Å². The molecule has 0 aliphatic heterocycles. The van der Waals surface area contributed by atoms with E-state index in [1.807, 2.05) is 38.1 Å². The summed E-state index contributed by atoms with van der Waals surface area (Å²) in [6.45, 7) is 5.46. The van der Waals surface area contributed by atoms with Gasteiger partial charge in [0.05, 0.1) is 6.42 Å². The first-order valence-corrected chi connectivity index (χ1v) is 9.22. The van der Waals surface area contributed by atoms with E-state index in [0.717, 1.165) is 33.6 Å². The number of carbonyl (C=O) groups is 2. The lowest BCUT2D eigenvalue weighted by Gasteiger charge is -2.13. The van der Waals surface area contributed by atoms with Crippen molar-refractivity contribution >= 4 is 34.0 Å². The Bertz CT molecular complexity index is 1030. The van der Waals surface area contributed by atoms with E-state index in [9.17, 15) is 14.4 Å². The third-order valence-corrected chi connectivity index (χ3v) is 5.21. The lowest BCUT2D eigenvalue weighted by Crippen LogP contribution is -2.26. The van der Waals surface area contributed by atoms with Gasteiger partial charge in [0, 0.05) is 39.8 Å². The molecule has 3 rings (SSSR count). The van der Waals surface area contributed by atoms with Gasteiger partial charge in [-0.25, -0.2) is 0 Å². The Morgan fingerprint density at radius 2 is 2.00 bits per heavy atom. The van der Waals surface area contributed by atoms with Crippen LogP contribution in [0.5, 0.6) is 0 Å². The van der Waals surface area contributed by atoms with Crippen molar-refractivity contribution in [2.45, 2.75) is 39.8 Å². The molecule has 0 fully saturated rings. The highest BCUT2D eigenvalue weighted by molar-refractivity contribution is 7.07. The summed E-state index contributed by atoms with van der Waals surface area (Å²) in [6, 6.07) is 7.53. The normalized spacial score (nSPS) is 12.3. The summed E-state index contributed by atoms with van der Waals surface area (Å²) < 4.78 is 6.83. The molecule has 0 spiro atoms. The second-order valence-corrected chi connectivity index (χ2v) is 7.03. The van der Waals surface area contributed by atoms with Gasteiger partial charge in [0.1, 0.15) is 0 Å². The molecule has 1 atom stereocenters. The van der Waals surface area contributed by atoms with Crippen LogP contribution in [0.2, 0.25) is 0 Å². The molecule has 1 N–H and O–H groups in total. The quantitative estimate of drug-likeness (QED) is 0.532. The minimum atomic E-state index is -0.888. The number of H-pyrrole nitrogens is 1. The SMILES string of the molecule is Cc1[nH]c2ccccc2c1C(=O)C(C)OC(=O)CCn1c(C)csc1=O. The fraction of sp³-hybridized carbons (Fsp3) is 0.316. The third kappa shape index (κ3) is 3.48. The Hall–Kier alpha value is -2.67. The molecule has 3 aromatic rings. The van der Waals surface area contributed by atoms with E-state index < -0.39 is 12.1 Å². The van der Waals surface area contributed by atoms with Crippen LogP contribution in [0, 0.1) is 13.8 Å². The van der Waals surface area contributed by atoms with Crippen molar-refractivity contribution in [1.82, 2.24) is 9.55 Å². The Kier molecular flexibility index (Phi) is 5.08. The summed E-state index contributed by atoms with van der Waals surface area (Å²) in [5, 5.41) is 2.57. The molecule has 0 aliphatic rings. The van der Waals surface area contributed by atoms with Crippen LogP contribution in [0.3, 0.4) is 0 Å². The van der Waals surface area contributed by atoms with Crippen LogP contribution in [-0.4, -0.2) is 27.4 Å². The van der Waals surface area contributed by atoms with Crippen molar-refractivity contribution in [3.05, 3.63) is 56.3 Å². The number of ether oxygens (including phenoxy) is 1. The van der Waals surface area contributed by atoms with Crippen LogP contribution in [0.1, 0.15) is 35.1 Å². The molecule has 1 unspecified atom stereocenters. The summed E-state index contributed by atoms with van der Waals surface area (Å²) >= 11 is 1.10. The van der Waals surface area contributed by atoms with Crippen molar-refractivity contribution in [3.63, 3.8) is 0 Å². The van der Waals surface area contributed by atoms with Gasteiger partial charge in [0.15, 0.2) is 6.10 Å². The lowest BCUT2D eigenvalue weighted by atomic mass is 10.0. The molecule has 0 amide bonds. The smallest absolute Gasteiger partial charge is 0.308 e. The standard InChI is InChI=1S/C19H20N2O4S/c1-11-10-26-19(24)21(11)9-8-16(22)25-13(3)18(23)17-12(2)20-15-7-5-4-6-14(15)17/h4-7,10,13,20H,8-9H2,1-3H3. The largest absolute Gasteiger partial charge is 0.454 e. The van der Waals surface area contributed by atoms with Crippen molar-refractivity contribution in [2.24, 2.45) is 0 Å². The first-order valence-electron chi connectivity index (χ1n) is 8.34. The van der Waals surface area contributed by atoms with Crippen molar-refractivity contribution in [2.75, 3.05) is 0 Å². The zero-order valence-electron chi connectivity index (χ0n) is 14.9. The van der Waals surface area contributed by atoms with E-state index >= 15 is 0 Å². The molecule has 26 heavy (non-hydrogen) atoms. The number of para-hydroxylation sites is 1. The van der Waals surface area contributed by atoms with E-state index in [0.29, 0.717) is 5.56 Å². The number of nitrogens with zero attached hydrogens (tertiary/aromatic N) is 1. The molecular weight excluding hydrogens is 352 g/mol. The Morgan fingerprint density at radius 3 is 2.69 bits per heavy atom. The van der Waals surface area contributed by atoms with Crippen LogP contribution < -0.4 is 4.87 Å². The number of hydrogen-bond acceptors (Lipinski definition) is 5. The molecule has 0 saturated heterocycles. The van der Waals surface area contributed by atoms with Gasteiger partial charge in [-0.1, -0.05) is 29.5 Å². The van der Waals surface area contributed by atoms with E-state index in [-0.39, 0.29) is 23.6 Å². The summed E-state index contributed by atoms with van der Waals surface area (Å²) in [4.78, 5) is 39.6. The van der Waals surface area contributed by atoms with E-state index in [4.69, 9.17) is 4.74 Å². The predicted molar refractivity (Wildman–Crippen MR) is 101 cm³/mol. The highest BCUT2D eigenvalue weighted by Gasteiger charge is 2.24. The number of Topliss-reactive ketones (excluding diaryl/α,β-unsaturated/α-hetero) is 1. The predicted octanol–water partition coefficient (Wildman–Crippen LogP) is 3.21. The maximum Gasteiger partial charge on any atom is 0.308 e. The number of esters is 1. The monoisotopic (exact) mass is 372 g/mol. The van der Waals surface area contributed by atoms with Gasteiger partial charge < -0.3 is 14.3 Å². The zero-order chi connectivity index (χ0) is 18.8. The fourth-order valence-electron chi connectivity index (χ4n) is 2.98. The van der Waals surface area contributed by atoms with Crippen LogP contribution >= 0.6 is 11.3 Å². The van der Waals surface area contributed by atoms with Crippen LogP contribution in [0.4, 0.5) is 0 Å². The number of thiazole rings is 1. The molecule has 0 aliphatic carbocycles. The van der Waals surface area contributed by atoms with Crippen LogP contribution in [-0.2, 0) is 16.1 Å².